The number of nitrogens with two attached hydrogens (primary N) is 1. The third-order valence-electron chi connectivity index (χ3n) is 3.33. The third kappa shape index (κ3) is 5.42. The van der Waals surface area contributed by atoms with Gasteiger partial charge in [0.15, 0.2) is 0 Å². The first kappa shape index (κ1) is 18.1. The molecule has 3 N–H and O–H groups in total. The van der Waals surface area contributed by atoms with Crippen LogP contribution in [0.15, 0.2) is 41.6 Å². The minimum absolute atomic E-state index is 0.00918. The largest absolute Gasteiger partial charge is 0.368 e. The molecule has 0 aliphatic carbocycles. The Labute approximate surface area is 145 Å². The molecule has 0 saturated carbocycles. The molecule has 0 bridgehead atoms. The standard InChI is InChI=1S/C17H22N4O2S/c1-17(2,3)12-4-6-14(7-5-12)24-11-16(23)20-13-8-19-21(9-13)10-15(18)22/h4-9H,10-11H2,1-3H3,(H2,18,22)(H,20,23). The molecule has 0 aliphatic rings. The maximum Gasteiger partial charge on any atom is 0.239 e. The Balaban J connectivity index is 1.84. The summed E-state index contributed by atoms with van der Waals surface area (Å²) in [6.07, 6.45) is 3.06. The van der Waals surface area contributed by atoms with Crippen molar-refractivity contribution in [1.82, 2.24) is 9.78 Å². The molecule has 1 heterocycles. The summed E-state index contributed by atoms with van der Waals surface area (Å²) in [6.45, 7) is 6.49. The van der Waals surface area contributed by atoms with Gasteiger partial charge in [0.1, 0.15) is 6.54 Å². The molecule has 128 valence electrons. The number of hydrogen-bond donors (Lipinski definition) is 2. The zero-order chi connectivity index (χ0) is 17.7. The van der Waals surface area contributed by atoms with Gasteiger partial charge in [-0.3, -0.25) is 14.3 Å². The molecule has 1 aromatic carbocycles. The van der Waals surface area contributed by atoms with E-state index in [1.54, 1.807) is 6.20 Å². The molecule has 24 heavy (non-hydrogen) atoms. The highest BCUT2D eigenvalue weighted by Gasteiger charge is 2.13. The Morgan fingerprint density at radius 3 is 2.50 bits per heavy atom. The molecule has 6 nitrogen and oxygen atoms in total. The monoisotopic (exact) mass is 346 g/mol. The highest BCUT2D eigenvalue weighted by molar-refractivity contribution is 8.00. The minimum Gasteiger partial charge on any atom is -0.368 e. The van der Waals surface area contributed by atoms with E-state index in [4.69, 9.17) is 5.73 Å². The molecule has 0 unspecified atom stereocenters. The van der Waals surface area contributed by atoms with Crippen LogP contribution in [-0.4, -0.2) is 27.3 Å². The van der Waals surface area contributed by atoms with Gasteiger partial charge in [-0.15, -0.1) is 11.8 Å². The van der Waals surface area contributed by atoms with Crippen LogP contribution in [0.1, 0.15) is 26.3 Å². The van der Waals surface area contributed by atoms with E-state index in [0.717, 1.165) is 4.90 Å². The summed E-state index contributed by atoms with van der Waals surface area (Å²) in [4.78, 5) is 23.8. The number of nitrogens with one attached hydrogen (secondary N) is 1. The highest BCUT2D eigenvalue weighted by Crippen LogP contribution is 2.25. The average Bonchev–Trinajstić information content (AvgIpc) is 2.91. The van der Waals surface area contributed by atoms with Crippen LogP contribution in [0.4, 0.5) is 5.69 Å². The summed E-state index contributed by atoms with van der Waals surface area (Å²) in [5.74, 6) is -0.306. The molecule has 2 aromatic rings. The Morgan fingerprint density at radius 1 is 1.25 bits per heavy atom. The van der Waals surface area contributed by atoms with Gasteiger partial charge in [0, 0.05) is 11.1 Å². The second-order valence-corrected chi connectivity index (χ2v) is 7.55. The van der Waals surface area contributed by atoms with Gasteiger partial charge in [0.05, 0.1) is 17.6 Å². The zero-order valence-corrected chi connectivity index (χ0v) is 14.9. The number of aromatic nitrogens is 2. The second kappa shape index (κ2) is 7.53. The summed E-state index contributed by atoms with van der Waals surface area (Å²) in [5, 5.41) is 6.70. The van der Waals surface area contributed by atoms with Crippen LogP contribution in [0, 0.1) is 0 Å². The van der Waals surface area contributed by atoms with Gasteiger partial charge in [0.2, 0.25) is 11.8 Å². The van der Waals surface area contributed by atoms with E-state index in [0.29, 0.717) is 11.4 Å². The molecular weight excluding hydrogens is 324 g/mol. The number of hydrogen-bond acceptors (Lipinski definition) is 4. The Morgan fingerprint density at radius 2 is 1.92 bits per heavy atom. The number of primary amides is 1. The van der Waals surface area contributed by atoms with E-state index in [9.17, 15) is 9.59 Å². The lowest BCUT2D eigenvalue weighted by Crippen LogP contribution is -2.18. The summed E-state index contributed by atoms with van der Waals surface area (Å²) in [6, 6.07) is 8.25. The summed E-state index contributed by atoms with van der Waals surface area (Å²) in [5.41, 5.74) is 7.02. The fourth-order valence-corrected chi connectivity index (χ4v) is 2.77. The molecule has 0 spiro atoms. The van der Waals surface area contributed by atoms with Crippen LogP contribution in [0.5, 0.6) is 0 Å². The number of rotatable bonds is 6. The fourth-order valence-electron chi connectivity index (χ4n) is 2.07. The van der Waals surface area contributed by atoms with Crippen molar-refractivity contribution in [2.45, 2.75) is 37.6 Å². The number of nitrogens with zero attached hydrogens (tertiary/aromatic N) is 2. The zero-order valence-electron chi connectivity index (χ0n) is 14.1. The van der Waals surface area contributed by atoms with Crippen LogP contribution in [0.2, 0.25) is 0 Å². The molecule has 1 aromatic heterocycles. The van der Waals surface area contributed by atoms with Crippen molar-refractivity contribution < 1.29 is 9.59 Å². The van der Waals surface area contributed by atoms with Crippen molar-refractivity contribution in [3.8, 4) is 0 Å². The first-order valence-corrected chi connectivity index (χ1v) is 8.56. The van der Waals surface area contributed by atoms with Crippen LogP contribution in [0.25, 0.3) is 0 Å². The van der Waals surface area contributed by atoms with Gasteiger partial charge in [-0.05, 0) is 23.1 Å². The quantitative estimate of drug-likeness (QED) is 0.786. The molecule has 2 amide bonds. The Kier molecular flexibility index (Phi) is 5.66. The predicted molar refractivity (Wildman–Crippen MR) is 95.9 cm³/mol. The Hall–Kier alpha value is -2.28. The van der Waals surface area contributed by atoms with E-state index in [1.165, 1.54) is 28.2 Å². The Bertz CT molecular complexity index is 717. The van der Waals surface area contributed by atoms with Gasteiger partial charge in [0.25, 0.3) is 0 Å². The number of amides is 2. The van der Waals surface area contributed by atoms with E-state index >= 15 is 0 Å². The molecule has 2 rings (SSSR count). The van der Waals surface area contributed by atoms with Crippen LogP contribution >= 0.6 is 11.8 Å². The van der Waals surface area contributed by atoms with Gasteiger partial charge in [-0.25, -0.2) is 0 Å². The summed E-state index contributed by atoms with van der Waals surface area (Å²) >= 11 is 1.47. The van der Waals surface area contributed by atoms with Crippen LogP contribution < -0.4 is 11.1 Å². The van der Waals surface area contributed by atoms with Crippen molar-refractivity contribution >= 4 is 29.3 Å². The topological polar surface area (TPSA) is 90.0 Å². The van der Waals surface area contributed by atoms with Gasteiger partial charge < -0.3 is 11.1 Å². The van der Waals surface area contributed by atoms with E-state index in [2.05, 4.69) is 43.3 Å². The number of thioether (sulfide) groups is 1. The summed E-state index contributed by atoms with van der Waals surface area (Å²) < 4.78 is 1.39. The van der Waals surface area contributed by atoms with Gasteiger partial charge >= 0.3 is 0 Å². The van der Waals surface area contributed by atoms with E-state index < -0.39 is 5.91 Å². The highest BCUT2D eigenvalue weighted by atomic mass is 32.2. The lowest BCUT2D eigenvalue weighted by molar-refractivity contribution is -0.118. The van der Waals surface area contributed by atoms with Crippen molar-refractivity contribution in [1.29, 1.82) is 0 Å². The average molecular weight is 346 g/mol. The first-order valence-electron chi connectivity index (χ1n) is 7.58. The maximum atomic E-state index is 12.0. The molecule has 7 heteroatoms. The fraction of sp³-hybridized carbons (Fsp3) is 0.353. The van der Waals surface area contributed by atoms with E-state index in [-0.39, 0.29) is 17.9 Å². The predicted octanol–water partition coefficient (Wildman–Crippen LogP) is 2.40. The maximum absolute atomic E-state index is 12.0. The van der Waals surface area contributed by atoms with Crippen LogP contribution in [0.3, 0.4) is 0 Å². The number of carbonyl (C=O) groups is 2. The molecule has 0 fully saturated rings. The molecular formula is C17H22N4O2S. The van der Waals surface area contributed by atoms with Crippen molar-refractivity contribution in [2.24, 2.45) is 5.73 Å². The molecule has 0 radical (unpaired) electrons. The normalized spacial score (nSPS) is 11.3. The third-order valence-corrected chi connectivity index (χ3v) is 4.34. The summed E-state index contributed by atoms with van der Waals surface area (Å²) in [7, 11) is 0. The smallest absolute Gasteiger partial charge is 0.239 e. The lowest BCUT2D eigenvalue weighted by Gasteiger charge is -2.19. The van der Waals surface area contributed by atoms with E-state index in [1.807, 2.05) is 12.1 Å². The van der Waals surface area contributed by atoms with Crippen LogP contribution in [-0.2, 0) is 21.5 Å². The van der Waals surface area contributed by atoms with Crippen molar-refractivity contribution in [3.05, 3.63) is 42.2 Å². The van der Waals surface area contributed by atoms with Gasteiger partial charge in [-0.1, -0.05) is 32.9 Å². The van der Waals surface area contributed by atoms with Crippen molar-refractivity contribution in [2.75, 3.05) is 11.1 Å². The molecule has 0 atom stereocenters. The van der Waals surface area contributed by atoms with Crippen molar-refractivity contribution in [3.63, 3.8) is 0 Å². The second-order valence-electron chi connectivity index (χ2n) is 6.50. The van der Waals surface area contributed by atoms with Gasteiger partial charge in [-0.2, -0.15) is 5.10 Å². The first-order chi connectivity index (χ1) is 11.2. The number of anilines is 1. The molecule has 0 aliphatic heterocycles. The number of carbonyl (C=O) groups excluding carboxylic acids is 2. The lowest BCUT2D eigenvalue weighted by atomic mass is 9.87. The minimum atomic E-state index is -0.481. The number of benzene rings is 1. The molecule has 0 saturated heterocycles. The SMILES string of the molecule is CC(C)(C)c1ccc(SCC(=O)Nc2cnn(CC(N)=O)c2)cc1.